The zero-order valence-corrected chi connectivity index (χ0v) is 16.8. The van der Waals surface area contributed by atoms with Crippen molar-refractivity contribution in [3.8, 4) is 6.07 Å². The Morgan fingerprint density at radius 2 is 1.97 bits per heavy atom. The van der Waals surface area contributed by atoms with Crippen LogP contribution >= 0.6 is 0 Å². The van der Waals surface area contributed by atoms with Crippen molar-refractivity contribution >= 4 is 23.4 Å². The topological polar surface area (TPSA) is 92.6 Å². The van der Waals surface area contributed by atoms with Crippen LogP contribution < -0.4 is 15.1 Å². The van der Waals surface area contributed by atoms with Gasteiger partial charge in [-0.05, 0) is 36.2 Å². The van der Waals surface area contributed by atoms with E-state index in [1.54, 1.807) is 28.1 Å². The van der Waals surface area contributed by atoms with Crippen LogP contribution in [0.25, 0.3) is 0 Å². The Kier molecular flexibility index (Phi) is 5.80. The van der Waals surface area contributed by atoms with Crippen molar-refractivity contribution in [1.82, 2.24) is 15.2 Å². The third-order valence-electron chi connectivity index (χ3n) is 5.50. The lowest BCUT2D eigenvalue weighted by Crippen LogP contribution is -2.51. The first-order valence-corrected chi connectivity index (χ1v) is 10.2. The predicted octanol–water partition coefficient (Wildman–Crippen LogP) is 2.11. The molecule has 0 spiro atoms. The highest BCUT2D eigenvalue weighted by Gasteiger charge is 2.23. The number of amides is 3. The molecule has 1 N–H and O–H groups in total. The molecule has 1 aromatic carbocycles. The van der Waals surface area contributed by atoms with Crippen LogP contribution in [0.4, 0.5) is 16.3 Å². The second-order valence-corrected chi connectivity index (χ2v) is 7.47. The van der Waals surface area contributed by atoms with Gasteiger partial charge in [-0.25, -0.2) is 9.78 Å². The summed E-state index contributed by atoms with van der Waals surface area (Å²) >= 11 is 0. The van der Waals surface area contributed by atoms with E-state index in [1.165, 1.54) is 0 Å². The summed E-state index contributed by atoms with van der Waals surface area (Å²) in [5.41, 5.74) is 2.44. The van der Waals surface area contributed by atoms with Crippen LogP contribution in [-0.2, 0) is 11.3 Å². The van der Waals surface area contributed by atoms with Gasteiger partial charge in [-0.2, -0.15) is 5.26 Å². The van der Waals surface area contributed by atoms with Gasteiger partial charge >= 0.3 is 6.03 Å². The Balaban J connectivity index is 1.29. The molecule has 1 aromatic heterocycles. The van der Waals surface area contributed by atoms with Crippen molar-refractivity contribution in [2.75, 3.05) is 42.5 Å². The number of carbonyl (C=O) groups is 2. The zero-order valence-electron chi connectivity index (χ0n) is 16.8. The highest BCUT2D eigenvalue weighted by atomic mass is 16.2. The zero-order chi connectivity index (χ0) is 20.9. The summed E-state index contributed by atoms with van der Waals surface area (Å²) in [7, 11) is 0. The Hall–Kier alpha value is -3.60. The number of anilines is 2. The quantitative estimate of drug-likeness (QED) is 0.843. The summed E-state index contributed by atoms with van der Waals surface area (Å²) in [5.74, 6) is 0.922. The molecule has 3 amide bonds. The first-order valence-electron chi connectivity index (χ1n) is 10.2. The number of nitrogens with one attached hydrogen (secondary N) is 1. The van der Waals surface area contributed by atoms with Crippen LogP contribution in [-0.4, -0.2) is 54.5 Å². The van der Waals surface area contributed by atoms with E-state index >= 15 is 0 Å². The summed E-state index contributed by atoms with van der Waals surface area (Å²) < 4.78 is 0. The Morgan fingerprint density at radius 3 is 2.70 bits per heavy atom. The van der Waals surface area contributed by atoms with Crippen molar-refractivity contribution < 1.29 is 9.59 Å². The van der Waals surface area contributed by atoms with Gasteiger partial charge in [-0.3, -0.25) is 4.79 Å². The molecule has 0 bridgehead atoms. The standard InChI is InChI=1S/C22H24N6O2/c23-15-17-6-7-24-20(14-17)26-9-11-27(12-10-26)22(30)25-16-18-3-1-4-19(13-18)28-8-2-5-21(28)29/h1,3-4,6-7,13-14H,2,5,8-12,16H2,(H,25,30). The molecule has 3 heterocycles. The van der Waals surface area contributed by atoms with Gasteiger partial charge in [0.2, 0.25) is 5.91 Å². The monoisotopic (exact) mass is 404 g/mol. The van der Waals surface area contributed by atoms with E-state index in [9.17, 15) is 9.59 Å². The number of nitrogens with zero attached hydrogens (tertiary/aromatic N) is 5. The molecule has 8 nitrogen and oxygen atoms in total. The van der Waals surface area contributed by atoms with Gasteiger partial charge in [-0.15, -0.1) is 0 Å². The lowest BCUT2D eigenvalue weighted by atomic mass is 10.2. The molecule has 2 fully saturated rings. The number of carbonyl (C=O) groups excluding carboxylic acids is 2. The molecule has 0 radical (unpaired) electrons. The third kappa shape index (κ3) is 4.35. The Bertz CT molecular complexity index is 978. The summed E-state index contributed by atoms with van der Waals surface area (Å²) in [4.78, 5) is 34.5. The maximum absolute atomic E-state index is 12.6. The molecule has 0 saturated carbocycles. The van der Waals surface area contributed by atoms with E-state index in [4.69, 9.17) is 5.26 Å². The van der Waals surface area contributed by atoms with Crippen LogP contribution in [0, 0.1) is 11.3 Å². The maximum atomic E-state index is 12.6. The molecule has 154 valence electrons. The minimum Gasteiger partial charge on any atom is -0.353 e. The number of benzene rings is 1. The number of nitriles is 1. The van der Waals surface area contributed by atoms with Gasteiger partial charge in [0.25, 0.3) is 0 Å². The molecule has 2 aliphatic rings. The van der Waals surface area contributed by atoms with E-state index < -0.39 is 0 Å². The van der Waals surface area contributed by atoms with E-state index in [-0.39, 0.29) is 11.9 Å². The fraction of sp³-hybridized carbons (Fsp3) is 0.364. The van der Waals surface area contributed by atoms with Crippen LogP contribution in [0.5, 0.6) is 0 Å². The second kappa shape index (κ2) is 8.82. The normalized spacial score (nSPS) is 16.5. The highest BCUT2D eigenvalue weighted by Crippen LogP contribution is 2.22. The molecule has 2 aliphatic heterocycles. The highest BCUT2D eigenvalue weighted by molar-refractivity contribution is 5.95. The maximum Gasteiger partial charge on any atom is 0.317 e. The molecule has 30 heavy (non-hydrogen) atoms. The van der Waals surface area contributed by atoms with E-state index in [1.807, 2.05) is 24.3 Å². The van der Waals surface area contributed by atoms with E-state index in [2.05, 4.69) is 21.3 Å². The predicted molar refractivity (Wildman–Crippen MR) is 113 cm³/mol. The number of piperazine rings is 1. The lowest BCUT2D eigenvalue weighted by molar-refractivity contribution is -0.117. The van der Waals surface area contributed by atoms with E-state index in [0.29, 0.717) is 44.7 Å². The van der Waals surface area contributed by atoms with Gasteiger partial charge in [0.1, 0.15) is 5.82 Å². The second-order valence-electron chi connectivity index (χ2n) is 7.47. The van der Waals surface area contributed by atoms with Crippen molar-refractivity contribution in [3.63, 3.8) is 0 Å². The molecule has 2 saturated heterocycles. The van der Waals surface area contributed by atoms with Crippen LogP contribution in [0.15, 0.2) is 42.6 Å². The first kappa shape index (κ1) is 19.7. The van der Waals surface area contributed by atoms with Crippen LogP contribution in [0.1, 0.15) is 24.0 Å². The van der Waals surface area contributed by atoms with Gasteiger partial charge in [0.15, 0.2) is 0 Å². The Morgan fingerprint density at radius 1 is 1.13 bits per heavy atom. The summed E-state index contributed by atoms with van der Waals surface area (Å²) in [6, 6.07) is 13.3. The van der Waals surface area contributed by atoms with Crippen molar-refractivity contribution in [2.45, 2.75) is 19.4 Å². The first-order chi connectivity index (χ1) is 14.6. The number of pyridine rings is 1. The number of hydrogen-bond acceptors (Lipinski definition) is 5. The fourth-order valence-corrected chi connectivity index (χ4v) is 3.84. The minimum atomic E-state index is -0.101. The summed E-state index contributed by atoms with van der Waals surface area (Å²) in [5, 5.41) is 12.0. The molecule has 8 heteroatoms. The number of hydrogen-bond donors (Lipinski definition) is 1. The molecule has 0 unspecified atom stereocenters. The number of urea groups is 1. The van der Waals surface area contributed by atoms with Crippen molar-refractivity contribution in [1.29, 1.82) is 5.26 Å². The van der Waals surface area contributed by atoms with Crippen LogP contribution in [0.2, 0.25) is 0 Å². The fourth-order valence-electron chi connectivity index (χ4n) is 3.84. The van der Waals surface area contributed by atoms with Gasteiger partial charge in [-0.1, -0.05) is 12.1 Å². The smallest absolute Gasteiger partial charge is 0.317 e. The molecular weight excluding hydrogens is 380 g/mol. The molecule has 0 atom stereocenters. The van der Waals surface area contributed by atoms with Gasteiger partial charge < -0.3 is 20.0 Å². The van der Waals surface area contributed by atoms with Crippen LogP contribution in [0.3, 0.4) is 0 Å². The van der Waals surface area contributed by atoms with Gasteiger partial charge in [0, 0.05) is 57.6 Å². The molecular formula is C22H24N6O2. The van der Waals surface area contributed by atoms with Crippen molar-refractivity contribution in [2.24, 2.45) is 0 Å². The molecule has 4 rings (SSSR count). The lowest BCUT2D eigenvalue weighted by Gasteiger charge is -2.35. The summed E-state index contributed by atoms with van der Waals surface area (Å²) in [6.07, 6.45) is 3.13. The Labute approximate surface area is 175 Å². The third-order valence-corrected chi connectivity index (χ3v) is 5.50. The molecule has 0 aliphatic carbocycles. The average Bonchev–Trinajstić information content (AvgIpc) is 3.23. The summed E-state index contributed by atoms with van der Waals surface area (Å²) in [6.45, 7) is 3.69. The number of rotatable bonds is 4. The SMILES string of the molecule is N#Cc1ccnc(N2CCN(C(=O)NCc3cccc(N4CCCC4=O)c3)CC2)c1. The molecule has 2 aromatic rings. The average molecular weight is 404 g/mol. The van der Waals surface area contributed by atoms with E-state index in [0.717, 1.165) is 30.0 Å². The largest absolute Gasteiger partial charge is 0.353 e. The number of aromatic nitrogens is 1. The minimum absolute atomic E-state index is 0.101. The van der Waals surface area contributed by atoms with Gasteiger partial charge in [0.05, 0.1) is 11.6 Å². The van der Waals surface area contributed by atoms with Crippen molar-refractivity contribution in [3.05, 3.63) is 53.7 Å².